The van der Waals surface area contributed by atoms with Gasteiger partial charge in [-0.05, 0) is 55.3 Å². The van der Waals surface area contributed by atoms with Gasteiger partial charge in [-0.15, -0.1) is 0 Å². The number of nitrogens with one attached hydrogen (secondary N) is 1. The third kappa shape index (κ3) is 4.83. The Bertz CT molecular complexity index is 570. The molecule has 0 saturated carbocycles. The maximum absolute atomic E-state index is 13.2. The Balaban J connectivity index is 1.90. The molecule has 0 saturated heterocycles. The number of hydrogen-bond acceptors (Lipinski definition) is 3. The van der Waals surface area contributed by atoms with Crippen LogP contribution in [0.1, 0.15) is 30.2 Å². The van der Waals surface area contributed by atoms with Crippen LogP contribution in [0.25, 0.3) is 0 Å². The van der Waals surface area contributed by atoms with Crippen molar-refractivity contribution in [1.29, 1.82) is 0 Å². The number of hydrogen-bond donors (Lipinski definition) is 1. The van der Waals surface area contributed by atoms with E-state index in [4.69, 9.17) is 4.74 Å². The molecule has 1 heterocycles. The average Bonchev–Trinajstić information content (AvgIpc) is 2.50. The minimum absolute atomic E-state index is 0.241. The molecule has 1 aromatic heterocycles. The van der Waals surface area contributed by atoms with Gasteiger partial charge in [-0.25, -0.2) is 4.39 Å². The van der Waals surface area contributed by atoms with Crippen molar-refractivity contribution in [3.8, 4) is 5.75 Å². The first-order valence-corrected chi connectivity index (χ1v) is 7.22. The van der Waals surface area contributed by atoms with Gasteiger partial charge in [-0.3, -0.25) is 4.98 Å². The van der Waals surface area contributed by atoms with Crippen LogP contribution in [0.3, 0.4) is 0 Å². The molecule has 1 aromatic carbocycles. The average molecular weight is 288 g/mol. The van der Waals surface area contributed by atoms with E-state index in [2.05, 4.69) is 17.2 Å². The molecule has 4 heteroatoms. The summed E-state index contributed by atoms with van der Waals surface area (Å²) in [5, 5.41) is 3.30. The van der Waals surface area contributed by atoms with E-state index in [-0.39, 0.29) is 5.82 Å². The van der Waals surface area contributed by atoms with E-state index in [1.54, 1.807) is 12.3 Å². The summed E-state index contributed by atoms with van der Waals surface area (Å²) in [5.41, 5.74) is 2.85. The highest BCUT2D eigenvalue weighted by molar-refractivity contribution is 5.27. The Morgan fingerprint density at radius 2 is 2.10 bits per heavy atom. The lowest BCUT2D eigenvalue weighted by molar-refractivity contribution is 0.303. The second kappa shape index (κ2) is 7.74. The number of aromatic nitrogens is 1. The van der Waals surface area contributed by atoms with E-state index in [0.717, 1.165) is 36.3 Å². The quantitative estimate of drug-likeness (QED) is 0.790. The highest BCUT2D eigenvalue weighted by Crippen LogP contribution is 2.15. The lowest BCUT2D eigenvalue weighted by Gasteiger charge is -2.09. The standard InChI is InChI=1S/C17H21FN2O/c1-3-8-19-10-16-6-7-17(11-20-16)21-12-14-9-15(18)5-4-13(14)2/h4-7,9,11,19H,3,8,10,12H2,1-2H3. The molecule has 0 fully saturated rings. The number of nitrogens with zero attached hydrogens (tertiary/aromatic N) is 1. The van der Waals surface area contributed by atoms with E-state index in [9.17, 15) is 4.39 Å². The molecule has 0 atom stereocenters. The van der Waals surface area contributed by atoms with Crippen molar-refractivity contribution in [2.75, 3.05) is 6.54 Å². The highest BCUT2D eigenvalue weighted by atomic mass is 19.1. The van der Waals surface area contributed by atoms with Crippen LogP contribution in [0.4, 0.5) is 4.39 Å². The number of rotatable bonds is 7. The molecule has 0 aliphatic rings. The highest BCUT2D eigenvalue weighted by Gasteiger charge is 2.02. The van der Waals surface area contributed by atoms with Crippen LogP contribution < -0.4 is 10.1 Å². The Morgan fingerprint density at radius 1 is 1.24 bits per heavy atom. The van der Waals surface area contributed by atoms with Gasteiger partial charge in [0.25, 0.3) is 0 Å². The molecule has 0 radical (unpaired) electrons. The van der Waals surface area contributed by atoms with Gasteiger partial charge >= 0.3 is 0 Å². The van der Waals surface area contributed by atoms with Gasteiger partial charge in [0.15, 0.2) is 0 Å². The fourth-order valence-corrected chi connectivity index (χ4v) is 1.95. The zero-order valence-corrected chi connectivity index (χ0v) is 12.5. The van der Waals surface area contributed by atoms with Gasteiger partial charge in [0, 0.05) is 6.54 Å². The first-order valence-electron chi connectivity index (χ1n) is 7.22. The van der Waals surface area contributed by atoms with Crippen LogP contribution in [0.2, 0.25) is 0 Å². The summed E-state index contributed by atoms with van der Waals surface area (Å²) in [4.78, 5) is 4.34. The number of halogens is 1. The molecule has 112 valence electrons. The fourth-order valence-electron chi connectivity index (χ4n) is 1.95. The van der Waals surface area contributed by atoms with E-state index in [1.807, 2.05) is 19.1 Å². The Labute approximate surface area is 125 Å². The molecule has 2 aromatic rings. The second-order valence-corrected chi connectivity index (χ2v) is 5.02. The normalized spacial score (nSPS) is 10.6. The summed E-state index contributed by atoms with van der Waals surface area (Å²) in [6.45, 7) is 6.17. The summed E-state index contributed by atoms with van der Waals surface area (Å²) in [6.07, 6.45) is 2.81. The summed E-state index contributed by atoms with van der Waals surface area (Å²) < 4.78 is 18.9. The monoisotopic (exact) mass is 288 g/mol. The summed E-state index contributed by atoms with van der Waals surface area (Å²) >= 11 is 0. The van der Waals surface area contributed by atoms with Gasteiger partial charge in [0.2, 0.25) is 0 Å². The first kappa shape index (κ1) is 15.4. The number of pyridine rings is 1. The van der Waals surface area contributed by atoms with Gasteiger partial charge in [-0.1, -0.05) is 13.0 Å². The summed E-state index contributed by atoms with van der Waals surface area (Å²) in [7, 11) is 0. The summed E-state index contributed by atoms with van der Waals surface area (Å²) in [5.74, 6) is 0.451. The second-order valence-electron chi connectivity index (χ2n) is 5.02. The van der Waals surface area contributed by atoms with Crippen molar-refractivity contribution in [3.63, 3.8) is 0 Å². The topological polar surface area (TPSA) is 34.1 Å². The maximum Gasteiger partial charge on any atom is 0.138 e. The van der Waals surface area contributed by atoms with E-state index < -0.39 is 0 Å². The lowest BCUT2D eigenvalue weighted by atomic mass is 10.1. The maximum atomic E-state index is 13.2. The van der Waals surface area contributed by atoms with Crippen molar-refractivity contribution in [1.82, 2.24) is 10.3 Å². The Hall–Kier alpha value is -1.94. The van der Waals surface area contributed by atoms with Crippen molar-refractivity contribution in [2.45, 2.75) is 33.4 Å². The van der Waals surface area contributed by atoms with Gasteiger partial charge in [-0.2, -0.15) is 0 Å². The van der Waals surface area contributed by atoms with Crippen LogP contribution >= 0.6 is 0 Å². The van der Waals surface area contributed by atoms with Gasteiger partial charge in [0.05, 0.1) is 11.9 Å². The minimum atomic E-state index is -0.241. The van der Waals surface area contributed by atoms with Gasteiger partial charge in [0.1, 0.15) is 18.2 Å². The van der Waals surface area contributed by atoms with E-state index >= 15 is 0 Å². The molecule has 0 bridgehead atoms. The third-order valence-electron chi connectivity index (χ3n) is 3.24. The van der Waals surface area contributed by atoms with Crippen LogP contribution in [-0.4, -0.2) is 11.5 Å². The van der Waals surface area contributed by atoms with Crippen molar-refractivity contribution >= 4 is 0 Å². The van der Waals surface area contributed by atoms with Crippen molar-refractivity contribution < 1.29 is 9.13 Å². The van der Waals surface area contributed by atoms with Gasteiger partial charge < -0.3 is 10.1 Å². The molecule has 0 amide bonds. The Kier molecular flexibility index (Phi) is 5.69. The number of benzene rings is 1. The molecule has 2 rings (SSSR count). The molecule has 0 aliphatic heterocycles. The third-order valence-corrected chi connectivity index (χ3v) is 3.24. The first-order chi connectivity index (χ1) is 10.2. The van der Waals surface area contributed by atoms with Crippen molar-refractivity contribution in [2.24, 2.45) is 0 Å². The SMILES string of the molecule is CCCNCc1ccc(OCc2cc(F)ccc2C)cn1. The largest absolute Gasteiger partial charge is 0.487 e. The summed E-state index contributed by atoms with van der Waals surface area (Å²) in [6, 6.07) is 8.56. The molecular weight excluding hydrogens is 267 g/mol. The zero-order valence-electron chi connectivity index (χ0n) is 12.5. The predicted octanol–water partition coefficient (Wildman–Crippen LogP) is 3.61. The smallest absolute Gasteiger partial charge is 0.138 e. The van der Waals surface area contributed by atoms with Crippen LogP contribution in [-0.2, 0) is 13.2 Å². The van der Waals surface area contributed by atoms with Crippen molar-refractivity contribution in [3.05, 3.63) is 59.2 Å². The molecule has 0 aliphatic carbocycles. The predicted molar refractivity (Wildman–Crippen MR) is 81.7 cm³/mol. The van der Waals surface area contributed by atoms with E-state index in [1.165, 1.54) is 12.1 Å². The minimum Gasteiger partial charge on any atom is -0.487 e. The molecule has 3 nitrogen and oxygen atoms in total. The zero-order chi connectivity index (χ0) is 15.1. The van der Waals surface area contributed by atoms with Crippen LogP contribution in [0.15, 0.2) is 36.5 Å². The van der Waals surface area contributed by atoms with Crippen LogP contribution in [0, 0.1) is 12.7 Å². The van der Waals surface area contributed by atoms with E-state index in [0.29, 0.717) is 12.4 Å². The molecule has 1 N–H and O–H groups in total. The number of ether oxygens (including phenoxy) is 1. The fraction of sp³-hybridized carbons (Fsp3) is 0.353. The Morgan fingerprint density at radius 3 is 2.81 bits per heavy atom. The lowest BCUT2D eigenvalue weighted by Crippen LogP contribution is -2.14. The molecule has 0 spiro atoms. The number of aryl methyl sites for hydroxylation is 1. The molecule has 0 unspecified atom stereocenters. The molecule has 21 heavy (non-hydrogen) atoms. The molecular formula is C17H21FN2O. The van der Waals surface area contributed by atoms with Crippen LogP contribution in [0.5, 0.6) is 5.75 Å².